The van der Waals surface area contributed by atoms with Gasteiger partial charge in [-0.3, -0.25) is 9.36 Å². The Hall–Kier alpha value is -1.22. The predicted octanol–water partition coefficient (Wildman–Crippen LogP) is 3.69. The van der Waals surface area contributed by atoms with E-state index in [0.717, 1.165) is 0 Å². The monoisotopic (exact) mass is 282 g/mol. The SMILES string of the molecule is C=CC(C(=O)c1ccccc1)P(=O)(OCC)OCC. The molecule has 4 nitrogen and oxygen atoms in total. The second-order valence-electron chi connectivity index (χ2n) is 3.79. The number of allylic oxidation sites excluding steroid dienone is 1. The van der Waals surface area contributed by atoms with Crippen LogP contribution < -0.4 is 0 Å². The maximum atomic E-state index is 12.6. The summed E-state index contributed by atoms with van der Waals surface area (Å²) in [6, 6.07) is 8.64. The number of carbonyl (C=O) groups is 1. The van der Waals surface area contributed by atoms with Gasteiger partial charge in [-0.05, 0) is 13.8 Å². The first kappa shape index (κ1) is 15.8. The molecule has 0 radical (unpaired) electrons. The molecule has 0 heterocycles. The summed E-state index contributed by atoms with van der Waals surface area (Å²) in [5.74, 6) is -0.305. The molecule has 1 aromatic carbocycles. The normalized spacial score (nSPS) is 12.9. The zero-order chi connectivity index (χ0) is 14.3. The molecular formula is C14H19O4P. The molecule has 0 aliphatic carbocycles. The van der Waals surface area contributed by atoms with Gasteiger partial charge in [0.15, 0.2) is 5.78 Å². The zero-order valence-electron chi connectivity index (χ0n) is 11.2. The highest BCUT2D eigenvalue weighted by Crippen LogP contribution is 2.54. The van der Waals surface area contributed by atoms with Crippen molar-refractivity contribution in [3.63, 3.8) is 0 Å². The third kappa shape index (κ3) is 3.87. The van der Waals surface area contributed by atoms with Crippen molar-refractivity contribution >= 4 is 13.4 Å². The molecule has 0 bridgehead atoms. The quantitative estimate of drug-likeness (QED) is 0.414. The van der Waals surface area contributed by atoms with Crippen molar-refractivity contribution in [2.45, 2.75) is 19.5 Å². The molecule has 0 spiro atoms. The molecule has 0 saturated carbocycles. The van der Waals surface area contributed by atoms with Crippen LogP contribution in [0.2, 0.25) is 0 Å². The van der Waals surface area contributed by atoms with Crippen LogP contribution in [0.4, 0.5) is 0 Å². The number of carbonyl (C=O) groups excluding carboxylic acids is 1. The van der Waals surface area contributed by atoms with Gasteiger partial charge < -0.3 is 9.05 Å². The molecule has 1 aromatic rings. The fourth-order valence-corrected chi connectivity index (χ4v) is 3.52. The first-order chi connectivity index (χ1) is 9.09. The minimum absolute atomic E-state index is 0.212. The van der Waals surface area contributed by atoms with E-state index in [1.165, 1.54) is 6.08 Å². The minimum Gasteiger partial charge on any atom is -0.308 e. The molecule has 0 N–H and O–H groups in total. The molecule has 0 saturated heterocycles. The lowest BCUT2D eigenvalue weighted by Crippen LogP contribution is -2.21. The fraction of sp³-hybridized carbons (Fsp3) is 0.357. The maximum absolute atomic E-state index is 12.6. The second-order valence-corrected chi connectivity index (χ2v) is 5.94. The number of ketones is 1. The minimum atomic E-state index is -3.52. The van der Waals surface area contributed by atoms with Crippen molar-refractivity contribution in [3.05, 3.63) is 48.6 Å². The molecule has 104 valence electrons. The largest absolute Gasteiger partial charge is 0.345 e. The molecule has 0 aliphatic heterocycles. The Bertz CT molecular complexity index is 460. The summed E-state index contributed by atoms with van der Waals surface area (Å²) in [4.78, 5) is 12.4. The van der Waals surface area contributed by atoms with E-state index in [1.807, 2.05) is 6.07 Å². The number of benzene rings is 1. The van der Waals surface area contributed by atoms with E-state index >= 15 is 0 Å². The summed E-state index contributed by atoms with van der Waals surface area (Å²) in [5.41, 5.74) is -0.512. The first-order valence-corrected chi connectivity index (χ1v) is 7.80. The van der Waals surface area contributed by atoms with Gasteiger partial charge in [0.2, 0.25) is 0 Å². The van der Waals surface area contributed by atoms with E-state index in [-0.39, 0.29) is 19.0 Å². The van der Waals surface area contributed by atoms with Crippen LogP contribution in [0, 0.1) is 0 Å². The summed E-state index contributed by atoms with van der Waals surface area (Å²) < 4.78 is 23.0. The summed E-state index contributed by atoms with van der Waals surface area (Å²) in [7, 11) is -3.52. The van der Waals surface area contributed by atoms with E-state index in [0.29, 0.717) is 5.56 Å². The Kier molecular flexibility index (Phi) is 6.16. The highest BCUT2D eigenvalue weighted by atomic mass is 31.2. The van der Waals surface area contributed by atoms with Gasteiger partial charge in [0.05, 0.1) is 13.2 Å². The van der Waals surface area contributed by atoms with Crippen LogP contribution in [0.25, 0.3) is 0 Å². The molecule has 1 unspecified atom stereocenters. The standard InChI is InChI=1S/C14H19O4P/c1-4-13(19(16,17-5-2)18-6-3)14(15)12-10-8-7-9-11-12/h4,7-11,13H,1,5-6H2,2-3H3. The van der Waals surface area contributed by atoms with Gasteiger partial charge in [-0.1, -0.05) is 36.4 Å². The van der Waals surface area contributed by atoms with Gasteiger partial charge in [0.1, 0.15) is 5.66 Å². The van der Waals surface area contributed by atoms with Gasteiger partial charge >= 0.3 is 7.60 Å². The number of hydrogen-bond acceptors (Lipinski definition) is 4. The van der Waals surface area contributed by atoms with Crippen molar-refractivity contribution in [1.82, 2.24) is 0 Å². The lowest BCUT2D eigenvalue weighted by atomic mass is 10.1. The van der Waals surface area contributed by atoms with Gasteiger partial charge in [-0.15, -0.1) is 6.58 Å². The van der Waals surface area contributed by atoms with Gasteiger partial charge in [0.25, 0.3) is 0 Å². The van der Waals surface area contributed by atoms with Crippen LogP contribution in [0.5, 0.6) is 0 Å². The van der Waals surface area contributed by atoms with E-state index in [9.17, 15) is 9.36 Å². The number of Topliss-reactive ketones (excluding diaryl/α,β-unsaturated/α-hetero) is 1. The van der Waals surface area contributed by atoms with Crippen LogP contribution in [-0.2, 0) is 13.6 Å². The topological polar surface area (TPSA) is 52.6 Å². The molecular weight excluding hydrogens is 263 g/mol. The van der Waals surface area contributed by atoms with Gasteiger partial charge in [0, 0.05) is 5.56 Å². The van der Waals surface area contributed by atoms with Gasteiger partial charge in [-0.25, -0.2) is 0 Å². The van der Waals surface area contributed by atoms with Crippen molar-refractivity contribution in [2.75, 3.05) is 13.2 Å². The summed E-state index contributed by atoms with van der Waals surface area (Å²) in [6.45, 7) is 7.42. The maximum Gasteiger partial charge on any atom is 0.345 e. The second kappa shape index (κ2) is 7.39. The molecule has 1 rings (SSSR count). The Morgan fingerprint density at radius 1 is 1.26 bits per heavy atom. The predicted molar refractivity (Wildman–Crippen MR) is 75.6 cm³/mol. The fourth-order valence-electron chi connectivity index (χ4n) is 1.71. The molecule has 0 aliphatic rings. The molecule has 5 heteroatoms. The van der Waals surface area contributed by atoms with E-state index in [1.54, 1.807) is 38.1 Å². The van der Waals surface area contributed by atoms with E-state index in [4.69, 9.17) is 9.05 Å². The highest BCUT2D eigenvalue weighted by molar-refractivity contribution is 7.56. The van der Waals surface area contributed by atoms with Crippen molar-refractivity contribution < 1.29 is 18.4 Å². The summed E-state index contributed by atoms with van der Waals surface area (Å²) in [5, 5.41) is 0. The third-order valence-electron chi connectivity index (χ3n) is 2.51. The van der Waals surface area contributed by atoms with Crippen LogP contribution in [0.15, 0.2) is 43.0 Å². The highest BCUT2D eigenvalue weighted by Gasteiger charge is 2.39. The Morgan fingerprint density at radius 3 is 2.21 bits per heavy atom. The van der Waals surface area contributed by atoms with Crippen molar-refractivity contribution in [2.24, 2.45) is 0 Å². The van der Waals surface area contributed by atoms with Crippen LogP contribution in [0.3, 0.4) is 0 Å². The Morgan fingerprint density at radius 2 is 1.79 bits per heavy atom. The molecule has 19 heavy (non-hydrogen) atoms. The lowest BCUT2D eigenvalue weighted by molar-refractivity contribution is 0.0983. The average Bonchev–Trinajstić information content (AvgIpc) is 2.40. The van der Waals surface area contributed by atoms with E-state index in [2.05, 4.69) is 6.58 Å². The van der Waals surface area contributed by atoms with Crippen molar-refractivity contribution in [3.8, 4) is 0 Å². The third-order valence-corrected chi connectivity index (χ3v) is 4.87. The molecule has 1 atom stereocenters. The van der Waals surface area contributed by atoms with Crippen LogP contribution >= 0.6 is 7.60 Å². The van der Waals surface area contributed by atoms with Gasteiger partial charge in [-0.2, -0.15) is 0 Å². The Balaban J connectivity index is 3.07. The lowest BCUT2D eigenvalue weighted by Gasteiger charge is -2.22. The molecule has 0 fully saturated rings. The average molecular weight is 282 g/mol. The zero-order valence-corrected chi connectivity index (χ0v) is 12.1. The first-order valence-electron chi connectivity index (χ1n) is 6.19. The number of rotatable bonds is 8. The number of hydrogen-bond donors (Lipinski definition) is 0. The Labute approximate surface area is 114 Å². The van der Waals surface area contributed by atoms with Crippen LogP contribution in [0.1, 0.15) is 24.2 Å². The smallest absolute Gasteiger partial charge is 0.308 e. The van der Waals surface area contributed by atoms with E-state index < -0.39 is 13.3 Å². The molecule has 0 amide bonds. The molecule has 0 aromatic heterocycles. The van der Waals surface area contributed by atoms with Crippen molar-refractivity contribution in [1.29, 1.82) is 0 Å². The summed E-state index contributed by atoms with van der Waals surface area (Å²) in [6.07, 6.45) is 1.33. The summed E-state index contributed by atoms with van der Waals surface area (Å²) >= 11 is 0. The van der Waals surface area contributed by atoms with Crippen LogP contribution in [-0.4, -0.2) is 24.7 Å².